The molecule has 0 radical (unpaired) electrons. The largest absolute Gasteiger partial charge is 0.477 e. The van der Waals surface area contributed by atoms with Crippen molar-refractivity contribution in [2.24, 2.45) is 0 Å². The molecule has 0 aliphatic heterocycles. The number of nitrogens with zero attached hydrogens (tertiary/aromatic N) is 1. The molecule has 9 heteroatoms. The quantitative estimate of drug-likeness (QED) is 0.0211. The highest BCUT2D eigenvalue weighted by molar-refractivity contribution is 5.71. The lowest BCUT2D eigenvalue weighted by Crippen LogP contribution is -2.40. The Hall–Kier alpha value is -4.57. The van der Waals surface area contributed by atoms with E-state index in [9.17, 15) is 19.5 Å². The van der Waals surface area contributed by atoms with Gasteiger partial charge in [0.1, 0.15) is 13.2 Å². The molecule has 0 aromatic carbocycles. The molecular formula is C91H158NO8+. The van der Waals surface area contributed by atoms with Gasteiger partial charge in [0.2, 0.25) is 0 Å². The van der Waals surface area contributed by atoms with Gasteiger partial charge >= 0.3 is 17.9 Å². The molecule has 574 valence electrons. The lowest BCUT2D eigenvalue weighted by atomic mass is 10.0. The number of carbonyl (C=O) groups excluding carboxylic acids is 2. The maximum atomic E-state index is 13.0. The number of hydrogen-bond donors (Lipinski definition) is 1. The standard InChI is InChI=1S/C91H157NO8/c1-6-8-10-12-14-16-18-20-22-24-26-28-30-32-34-36-38-40-42-43-44-45-46-47-48-50-52-54-56-58-60-62-64-66-68-70-72-74-76-78-80-82-89(94)100-87(86-99-91(90(95)96)97-84-83-92(3,4)5)85-98-88(93)81-79-77-75-73-71-69-67-65-63-61-59-57-55-53-51-49-41-39-37-35-33-31-29-27-25-23-21-19-17-15-13-11-9-7-2/h8,10,14,16,20,22,26,28,32,34,38,40,43-44,46-47,50,52,56,58,62,64,87,91H,6-7,9,11-13,15,17-19,21,23-25,27,29-31,33,35-37,39,41-42,45,48-49,51,53-55,57,59-61,63,65-86H2,1-5H3/p+1/b10-8-,16-14-,22-20-,28-26-,34-32-,40-38-,44-43-,47-46-,52-50-,58-56-,64-62-. The van der Waals surface area contributed by atoms with Gasteiger partial charge in [0.25, 0.3) is 6.29 Å². The van der Waals surface area contributed by atoms with Gasteiger partial charge in [0.15, 0.2) is 6.10 Å². The first kappa shape index (κ1) is 95.4. The number of ether oxygens (including phenoxy) is 4. The summed E-state index contributed by atoms with van der Waals surface area (Å²) in [4.78, 5) is 37.8. The topological polar surface area (TPSA) is 108 Å². The van der Waals surface area contributed by atoms with Crippen molar-refractivity contribution < 1.29 is 42.9 Å². The van der Waals surface area contributed by atoms with Crippen LogP contribution in [0.2, 0.25) is 0 Å². The Bertz CT molecular complexity index is 2120. The molecule has 100 heavy (non-hydrogen) atoms. The van der Waals surface area contributed by atoms with Gasteiger partial charge in [-0.05, 0) is 96.3 Å². The fourth-order valence-corrected chi connectivity index (χ4v) is 11.8. The van der Waals surface area contributed by atoms with Gasteiger partial charge in [-0.1, -0.05) is 392 Å². The second-order valence-corrected chi connectivity index (χ2v) is 29.1. The molecule has 0 rings (SSSR count). The third kappa shape index (κ3) is 80.7. The fourth-order valence-electron chi connectivity index (χ4n) is 11.8. The SMILES string of the molecule is CC/C=C\C/C=C\C/C=C\C/C=C\C/C=C\C/C=C\C/C=C\C/C=C\C/C=C\C/C=C\C/C=C\CCCCCCCCCC(=O)OC(COC(=O)CCCCCCCCCCCCCCCCCCCCCCCCCCCCCCCCCCCC)COC(OCC[N+](C)(C)C)C(=O)O. The summed E-state index contributed by atoms with van der Waals surface area (Å²) in [6.07, 6.45) is 113. The Kier molecular flexibility index (Phi) is 76.5. The summed E-state index contributed by atoms with van der Waals surface area (Å²) in [6, 6.07) is 0. The molecule has 0 aliphatic carbocycles. The minimum Gasteiger partial charge on any atom is -0.477 e. The van der Waals surface area contributed by atoms with Crippen molar-refractivity contribution in [3.8, 4) is 0 Å². The van der Waals surface area contributed by atoms with Gasteiger partial charge in [0.05, 0.1) is 34.4 Å². The summed E-state index contributed by atoms with van der Waals surface area (Å²) < 4.78 is 23.0. The monoisotopic (exact) mass is 1390 g/mol. The van der Waals surface area contributed by atoms with Crippen LogP contribution < -0.4 is 0 Å². The number of carboxylic acids is 1. The molecule has 0 aliphatic rings. The average Bonchev–Trinajstić information content (AvgIpc) is 1.08. The minimum atomic E-state index is -1.52. The number of allylic oxidation sites excluding steroid dienone is 22. The van der Waals surface area contributed by atoms with Crippen LogP contribution in [0, 0.1) is 0 Å². The molecule has 0 heterocycles. The normalized spacial score (nSPS) is 13.3. The fraction of sp³-hybridized carbons (Fsp3) is 0.725. The number of quaternary nitrogens is 1. The third-order valence-corrected chi connectivity index (χ3v) is 18.2. The van der Waals surface area contributed by atoms with Crippen molar-refractivity contribution in [2.75, 3.05) is 47.5 Å². The van der Waals surface area contributed by atoms with E-state index in [1.165, 1.54) is 218 Å². The van der Waals surface area contributed by atoms with E-state index in [0.29, 0.717) is 23.9 Å². The van der Waals surface area contributed by atoms with E-state index in [1.807, 2.05) is 21.1 Å². The summed E-state index contributed by atoms with van der Waals surface area (Å²) in [5.74, 6) is -2.01. The highest BCUT2D eigenvalue weighted by Gasteiger charge is 2.25. The van der Waals surface area contributed by atoms with Gasteiger partial charge in [-0.2, -0.15) is 0 Å². The Morgan fingerprint density at radius 1 is 0.310 bits per heavy atom. The third-order valence-electron chi connectivity index (χ3n) is 18.2. The van der Waals surface area contributed by atoms with Crippen LogP contribution in [0.4, 0.5) is 0 Å². The molecule has 2 atom stereocenters. The molecule has 0 bridgehead atoms. The zero-order valence-corrected chi connectivity index (χ0v) is 65.8. The van der Waals surface area contributed by atoms with Crippen LogP contribution in [0.5, 0.6) is 0 Å². The Morgan fingerprint density at radius 2 is 0.570 bits per heavy atom. The number of rotatable bonds is 77. The molecule has 2 unspecified atom stereocenters. The highest BCUT2D eigenvalue weighted by Crippen LogP contribution is 2.19. The predicted octanol–water partition coefficient (Wildman–Crippen LogP) is 27.2. The lowest BCUT2D eigenvalue weighted by molar-refractivity contribution is -0.870. The van der Waals surface area contributed by atoms with Crippen LogP contribution in [-0.2, 0) is 33.3 Å². The zero-order chi connectivity index (χ0) is 72.5. The molecular weight excluding hydrogens is 1230 g/mol. The first-order valence-corrected chi connectivity index (χ1v) is 41.8. The number of aliphatic carboxylic acids is 1. The van der Waals surface area contributed by atoms with Crippen molar-refractivity contribution >= 4 is 17.9 Å². The van der Waals surface area contributed by atoms with Crippen molar-refractivity contribution in [1.29, 1.82) is 0 Å². The van der Waals surface area contributed by atoms with E-state index in [4.69, 9.17) is 18.9 Å². The number of hydrogen-bond acceptors (Lipinski definition) is 7. The van der Waals surface area contributed by atoms with Crippen LogP contribution in [0.25, 0.3) is 0 Å². The second kappa shape index (κ2) is 80.1. The van der Waals surface area contributed by atoms with Crippen LogP contribution in [0.15, 0.2) is 134 Å². The summed E-state index contributed by atoms with van der Waals surface area (Å²) >= 11 is 0. The Balaban J connectivity index is 4.08. The smallest absolute Gasteiger partial charge is 0.361 e. The number of likely N-dealkylation sites (N-methyl/N-ethyl adjacent to an activating group) is 1. The molecule has 0 spiro atoms. The summed E-state index contributed by atoms with van der Waals surface area (Å²) in [6.45, 7) is 4.79. The van der Waals surface area contributed by atoms with Crippen LogP contribution in [0.1, 0.15) is 367 Å². The van der Waals surface area contributed by atoms with Gasteiger partial charge in [0, 0.05) is 12.8 Å². The van der Waals surface area contributed by atoms with Crippen molar-refractivity contribution in [3.63, 3.8) is 0 Å². The Labute approximate surface area is 618 Å². The van der Waals surface area contributed by atoms with Gasteiger partial charge in [-0.15, -0.1) is 0 Å². The summed E-state index contributed by atoms with van der Waals surface area (Å²) in [5, 5.41) is 9.78. The number of unbranched alkanes of at least 4 members (excludes halogenated alkanes) is 40. The van der Waals surface area contributed by atoms with Crippen LogP contribution >= 0.6 is 0 Å². The molecule has 0 fully saturated rings. The van der Waals surface area contributed by atoms with Crippen molar-refractivity contribution in [1.82, 2.24) is 0 Å². The van der Waals surface area contributed by atoms with Crippen LogP contribution in [-0.4, -0.2) is 87.4 Å². The molecule has 0 saturated carbocycles. The average molecular weight is 1390 g/mol. The molecule has 0 amide bonds. The van der Waals surface area contributed by atoms with E-state index >= 15 is 0 Å². The van der Waals surface area contributed by atoms with Crippen molar-refractivity contribution in [2.45, 2.75) is 379 Å². The van der Waals surface area contributed by atoms with Crippen LogP contribution in [0.3, 0.4) is 0 Å². The molecule has 1 N–H and O–H groups in total. The van der Waals surface area contributed by atoms with Crippen molar-refractivity contribution in [3.05, 3.63) is 134 Å². The van der Waals surface area contributed by atoms with E-state index in [0.717, 1.165) is 116 Å². The Morgan fingerprint density at radius 3 is 0.850 bits per heavy atom. The van der Waals surface area contributed by atoms with E-state index in [-0.39, 0.29) is 32.2 Å². The highest BCUT2D eigenvalue weighted by atomic mass is 16.7. The van der Waals surface area contributed by atoms with E-state index < -0.39 is 24.3 Å². The number of carbonyl (C=O) groups is 3. The lowest BCUT2D eigenvalue weighted by Gasteiger charge is -2.25. The van der Waals surface area contributed by atoms with Gasteiger partial charge in [-0.25, -0.2) is 4.79 Å². The molecule has 0 saturated heterocycles. The van der Waals surface area contributed by atoms with Gasteiger partial charge < -0.3 is 28.5 Å². The molecule has 0 aromatic rings. The maximum Gasteiger partial charge on any atom is 0.361 e. The van der Waals surface area contributed by atoms with E-state index in [1.54, 1.807) is 0 Å². The maximum absolute atomic E-state index is 13.0. The van der Waals surface area contributed by atoms with Gasteiger partial charge in [-0.3, -0.25) is 9.59 Å². The minimum absolute atomic E-state index is 0.181. The predicted molar refractivity (Wildman–Crippen MR) is 433 cm³/mol. The van der Waals surface area contributed by atoms with E-state index in [2.05, 4.69) is 148 Å². The first-order valence-electron chi connectivity index (χ1n) is 41.8. The number of esters is 2. The zero-order valence-electron chi connectivity index (χ0n) is 65.8. The molecule has 9 nitrogen and oxygen atoms in total. The molecule has 0 aromatic heterocycles. The second-order valence-electron chi connectivity index (χ2n) is 29.1. The number of carboxylic acid groups (broad SMARTS) is 1. The summed E-state index contributed by atoms with van der Waals surface area (Å²) in [5.41, 5.74) is 0. The summed E-state index contributed by atoms with van der Waals surface area (Å²) in [7, 11) is 5.98. The first-order chi connectivity index (χ1) is 49.1.